The number of benzene rings is 1. The molecule has 1 aromatic carbocycles. The molecule has 160 valence electrons. The second kappa shape index (κ2) is 11.2. The first-order chi connectivity index (χ1) is 14.3. The standard InChI is InChI=1S/C18H19FN2O2S.C2H2O4/c19-15-5-3-14(4-6-15)12-18(23)21-9-7-20(8-10-21)13-16(22)17-2-1-11-24-17;3-1(4)2(5)6/h1-6,11H,7-10,12-13H2;(H,3,4)(H,5,6). The van der Waals surface area contributed by atoms with Crippen molar-refractivity contribution in [1.29, 1.82) is 0 Å². The van der Waals surface area contributed by atoms with E-state index in [1.54, 1.807) is 12.1 Å². The van der Waals surface area contributed by atoms with Gasteiger partial charge < -0.3 is 15.1 Å². The minimum atomic E-state index is -1.82. The number of carbonyl (C=O) groups excluding carboxylic acids is 2. The Labute approximate surface area is 176 Å². The van der Waals surface area contributed by atoms with E-state index < -0.39 is 11.9 Å². The second-order valence-electron chi connectivity index (χ2n) is 6.47. The number of carbonyl (C=O) groups is 4. The highest BCUT2D eigenvalue weighted by molar-refractivity contribution is 7.12. The maximum Gasteiger partial charge on any atom is 0.414 e. The SMILES string of the molecule is O=C(CN1CCN(C(=O)Cc2ccc(F)cc2)CC1)c1cccs1.O=C(O)C(=O)O. The quantitative estimate of drug-likeness (QED) is 0.540. The Hall–Kier alpha value is -3.11. The van der Waals surface area contributed by atoms with E-state index in [9.17, 15) is 14.0 Å². The summed E-state index contributed by atoms with van der Waals surface area (Å²) in [4.78, 5) is 47.3. The lowest BCUT2D eigenvalue weighted by Gasteiger charge is -2.34. The number of nitrogens with zero attached hydrogens (tertiary/aromatic N) is 2. The molecule has 1 aliphatic rings. The van der Waals surface area contributed by atoms with Gasteiger partial charge in [0.05, 0.1) is 17.8 Å². The molecule has 0 unspecified atom stereocenters. The lowest BCUT2D eigenvalue weighted by Crippen LogP contribution is -2.50. The number of thiophene rings is 1. The minimum absolute atomic E-state index is 0.0471. The Balaban J connectivity index is 0.000000469. The molecule has 0 aliphatic carbocycles. The highest BCUT2D eigenvalue weighted by Gasteiger charge is 2.23. The molecule has 1 fully saturated rings. The Morgan fingerprint density at radius 1 is 0.933 bits per heavy atom. The minimum Gasteiger partial charge on any atom is -0.473 e. The number of rotatable bonds is 5. The van der Waals surface area contributed by atoms with Gasteiger partial charge in [0.15, 0.2) is 5.78 Å². The topological polar surface area (TPSA) is 115 Å². The summed E-state index contributed by atoms with van der Waals surface area (Å²) in [6.45, 7) is 3.05. The zero-order valence-electron chi connectivity index (χ0n) is 16.0. The van der Waals surface area contributed by atoms with Gasteiger partial charge >= 0.3 is 11.9 Å². The van der Waals surface area contributed by atoms with E-state index in [1.807, 2.05) is 22.4 Å². The molecule has 2 N–H and O–H groups in total. The van der Waals surface area contributed by atoms with Crippen molar-refractivity contribution in [3.8, 4) is 0 Å². The van der Waals surface area contributed by atoms with Crippen LogP contribution in [0.2, 0.25) is 0 Å². The predicted molar refractivity (Wildman–Crippen MR) is 107 cm³/mol. The van der Waals surface area contributed by atoms with Gasteiger partial charge in [-0.05, 0) is 29.1 Å². The molecule has 10 heteroatoms. The van der Waals surface area contributed by atoms with Crippen LogP contribution in [0.5, 0.6) is 0 Å². The number of carboxylic acid groups (broad SMARTS) is 2. The van der Waals surface area contributed by atoms with Crippen molar-refractivity contribution in [2.24, 2.45) is 0 Å². The fourth-order valence-electron chi connectivity index (χ4n) is 2.76. The highest BCUT2D eigenvalue weighted by atomic mass is 32.1. The third kappa shape index (κ3) is 7.37. The summed E-state index contributed by atoms with van der Waals surface area (Å²) in [7, 11) is 0. The average molecular weight is 436 g/mol. The molecule has 2 aromatic rings. The van der Waals surface area contributed by atoms with Crippen LogP contribution in [-0.2, 0) is 20.8 Å². The van der Waals surface area contributed by atoms with Crippen molar-refractivity contribution in [3.05, 3.63) is 58.0 Å². The first kappa shape index (κ1) is 23.2. The zero-order chi connectivity index (χ0) is 22.1. The largest absolute Gasteiger partial charge is 0.473 e. The lowest BCUT2D eigenvalue weighted by atomic mass is 10.1. The van der Waals surface area contributed by atoms with Crippen molar-refractivity contribution >= 4 is 35.0 Å². The molecule has 3 rings (SSSR count). The molecule has 1 aromatic heterocycles. The van der Waals surface area contributed by atoms with E-state index in [-0.39, 0.29) is 23.9 Å². The summed E-state index contributed by atoms with van der Waals surface area (Å²) in [5.74, 6) is -3.76. The molecule has 2 heterocycles. The van der Waals surface area contributed by atoms with Crippen molar-refractivity contribution in [3.63, 3.8) is 0 Å². The number of ketones is 1. The molecular weight excluding hydrogens is 415 g/mol. The third-order valence-electron chi connectivity index (χ3n) is 4.34. The molecule has 0 atom stereocenters. The molecule has 1 aliphatic heterocycles. The zero-order valence-corrected chi connectivity index (χ0v) is 16.8. The number of aliphatic carboxylic acids is 2. The average Bonchev–Trinajstić information content (AvgIpc) is 3.26. The molecular formula is C20H21FN2O6S. The van der Waals surface area contributed by atoms with Crippen molar-refractivity contribution in [1.82, 2.24) is 9.80 Å². The smallest absolute Gasteiger partial charge is 0.414 e. The van der Waals surface area contributed by atoms with Gasteiger partial charge in [0, 0.05) is 26.2 Å². The summed E-state index contributed by atoms with van der Waals surface area (Å²) in [5, 5.41) is 16.7. The summed E-state index contributed by atoms with van der Waals surface area (Å²) >= 11 is 1.46. The fraction of sp³-hybridized carbons (Fsp3) is 0.300. The van der Waals surface area contributed by atoms with Gasteiger partial charge in [-0.25, -0.2) is 14.0 Å². The van der Waals surface area contributed by atoms with E-state index in [4.69, 9.17) is 19.8 Å². The molecule has 0 spiro atoms. The van der Waals surface area contributed by atoms with E-state index >= 15 is 0 Å². The number of Topliss-reactive ketones (excluding diaryl/α,β-unsaturated/α-hetero) is 1. The van der Waals surface area contributed by atoms with Crippen LogP contribution in [0.4, 0.5) is 4.39 Å². The van der Waals surface area contributed by atoms with Crippen LogP contribution in [0, 0.1) is 5.82 Å². The van der Waals surface area contributed by atoms with Gasteiger partial charge in [0.1, 0.15) is 5.82 Å². The van der Waals surface area contributed by atoms with Crippen LogP contribution < -0.4 is 0 Å². The van der Waals surface area contributed by atoms with E-state index in [1.165, 1.54) is 23.5 Å². The first-order valence-corrected chi connectivity index (χ1v) is 9.91. The third-order valence-corrected chi connectivity index (χ3v) is 5.25. The summed E-state index contributed by atoms with van der Waals surface area (Å²) in [6, 6.07) is 9.75. The van der Waals surface area contributed by atoms with Crippen LogP contribution >= 0.6 is 11.3 Å². The number of amides is 1. The normalized spacial score (nSPS) is 13.8. The maximum atomic E-state index is 12.9. The van der Waals surface area contributed by atoms with Gasteiger partial charge in [-0.2, -0.15) is 0 Å². The number of carboxylic acids is 2. The molecule has 1 amide bonds. The summed E-state index contributed by atoms with van der Waals surface area (Å²) in [6.07, 6.45) is 0.286. The second-order valence-corrected chi connectivity index (χ2v) is 7.42. The van der Waals surface area contributed by atoms with Crippen LogP contribution in [-0.4, -0.2) is 76.4 Å². The van der Waals surface area contributed by atoms with E-state index in [0.29, 0.717) is 32.7 Å². The molecule has 0 bridgehead atoms. The van der Waals surface area contributed by atoms with Crippen LogP contribution in [0.15, 0.2) is 41.8 Å². The molecule has 0 radical (unpaired) electrons. The number of hydrogen-bond donors (Lipinski definition) is 2. The number of halogens is 1. The highest BCUT2D eigenvalue weighted by Crippen LogP contribution is 2.12. The molecule has 0 saturated carbocycles. The molecule has 30 heavy (non-hydrogen) atoms. The van der Waals surface area contributed by atoms with Crippen molar-refractivity contribution in [2.75, 3.05) is 32.7 Å². The van der Waals surface area contributed by atoms with E-state index in [2.05, 4.69) is 4.90 Å². The van der Waals surface area contributed by atoms with Gasteiger partial charge in [0.2, 0.25) is 5.91 Å². The van der Waals surface area contributed by atoms with Gasteiger partial charge in [0.25, 0.3) is 0 Å². The van der Waals surface area contributed by atoms with Crippen LogP contribution in [0.1, 0.15) is 15.2 Å². The number of hydrogen-bond acceptors (Lipinski definition) is 6. The molecule has 8 nitrogen and oxygen atoms in total. The van der Waals surface area contributed by atoms with Crippen molar-refractivity contribution in [2.45, 2.75) is 6.42 Å². The monoisotopic (exact) mass is 436 g/mol. The van der Waals surface area contributed by atoms with Gasteiger partial charge in [-0.3, -0.25) is 14.5 Å². The Morgan fingerprint density at radius 3 is 2.03 bits per heavy atom. The Morgan fingerprint density at radius 2 is 1.53 bits per heavy atom. The van der Waals surface area contributed by atoms with Crippen LogP contribution in [0.3, 0.4) is 0 Å². The lowest BCUT2D eigenvalue weighted by molar-refractivity contribution is -0.159. The maximum absolute atomic E-state index is 12.9. The number of piperazine rings is 1. The fourth-order valence-corrected chi connectivity index (χ4v) is 3.42. The van der Waals surface area contributed by atoms with Gasteiger partial charge in [-0.1, -0.05) is 18.2 Å². The summed E-state index contributed by atoms with van der Waals surface area (Å²) < 4.78 is 12.9. The summed E-state index contributed by atoms with van der Waals surface area (Å²) in [5.41, 5.74) is 0.816. The Bertz CT molecular complexity index is 865. The molecule has 1 saturated heterocycles. The Kier molecular flexibility index (Phi) is 8.63. The first-order valence-electron chi connectivity index (χ1n) is 9.03. The van der Waals surface area contributed by atoms with Crippen molar-refractivity contribution < 1.29 is 33.8 Å². The van der Waals surface area contributed by atoms with E-state index in [0.717, 1.165) is 10.4 Å². The van der Waals surface area contributed by atoms with Crippen LogP contribution in [0.25, 0.3) is 0 Å². The predicted octanol–water partition coefficient (Wildman–Crippen LogP) is 1.61. The van der Waals surface area contributed by atoms with Gasteiger partial charge in [-0.15, -0.1) is 11.3 Å².